The van der Waals surface area contributed by atoms with Crippen LogP contribution in [-0.4, -0.2) is 49.2 Å². The number of nitrogens with zero attached hydrogens (tertiary/aromatic N) is 1. The van der Waals surface area contributed by atoms with Crippen molar-refractivity contribution in [3.63, 3.8) is 0 Å². The molecule has 1 N–H and O–H groups in total. The van der Waals surface area contributed by atoms with E-state index in [4.69, 9.17) is 9.15 Å². The minimum absolute atomic E-state index is 0.0347. The molecule has 5 nitrogen and oxygen atoms in total. The van der Waals surface area contributed by atoms with Crippen LogP contribution in [0.2, 0.25) is 0 Å². The van der Waals surface area contributed by atoms with Crippen molar-refractivity contribution in [3.8, 4) is 0 Å². The highest BCUT2D eigenvalue weighted by Gasteiger charge is 2.30. The Morgan fingerprint density at radius 2 is 2.16 bits per heavy atom. The first-order valence-corrected chi connectivity index (χ1v) is 6.98. The van der Waals surface area contributed by atoms with Crippen LogP contribution in [0.3, 0.4) is 0 Å². The maximum atomic E-state index is 11.9. The van der Waals surface area contributed by atoms with Crippen molar-refractivity contribution in [1.29, 1.82) is 0 Å². The molecule has 2 aliphatic rings. The van der Waals surface area contributed by atoms with Gasteiger partial charge in [-0.15, -0.1) is 0 Å². The molecular formula is C14H20N2O3. The zero-order valence-electron chi connectivity index (χ0n) is 11.0. The van der Waals surface area contributed by atoms with E-state index in [1.807, 2.05) is 0 Å². The van der Waals surface area contributed by atoms with Crippen LogP contribution in [0.5, 0.6) is 0 Å². The molecule has 0 aromatic carbocycles. The molecule has 1 unspecified atom stereocenters. The van der Waals surface area contributed by atoms with Crippen molar-refractivity contribution in [2.75, 3.05) is 26.3 Å². The summed E-state index contributed by atoms with van der Waals surface area (Å²) >= 11 is 0. The van der Waals surface area contributed by atoms with E-state index in [2.05, 4.69) is 10.2 Å². The second-order valence-electron chi connectivity index (χ2n) is 5.31. The molecule has 1 aromatic heterocycles. The maximum Gasteiger partial charge on any atom is 0.254 e. The third-order valence-electron chi connectivity index (χ3n) is 4.05. The predicted molar refractivity (Wildman–Crippen MR) is 70.0 cm³/mol. The monoisotopic (exact) mass is 264 g/mol. The number of likely N-dealkylation sites (tertiary alicyclic amines) is 1. The van der Waals surface area contributed by atoms with Gasteiger partial charge in [-0.05, 0) is 25.3 Å². The molecule has 1 aromatic rings. The van der Waals surface area contributed by atoms with Crippen LogP contribution in [0.4, 0.5) is 0 Å². The Labute approximate surface area is 112 Å². The minimum atomic E-state index is -0.0347. The number of amides is 1. The van der Waals surface area contributed by atoms with Crippen molar-refractivity contribution < 1.29 is 13.9 Å². The van der Waals surface area contributed by atoms with Crippen LogP contribution < -0.4 is 5.32 Å². The molecule has 2 fully saturated rings. The molecule has 0 aliphatic carbocycles. The number of hydrogen-bond donors (Lipinski definition) is 1. The van der Waals surface area contributed by atoms with Gasteiger partial charge < -0.3 is 14.5 Å². The van der Waals surface area contributed by atoms with E-state index in [0.29, 0.717) is 11.6 Å². The van der Waals surface area contributed by atoms with E-state index < -0.39 is 0 Å². The highest BCUT2D eigenvalue weighted by molar-refractivity contribution is 5.93. The standard InChI is InChI=1S/C14H20N2O3/c17-14(11-2-6-19-10-11)15-12-1-5-16(9-12)13-3-7-18-8-4-13/h2,6,10,12-13H,1,3-5,7-9H2,(H,15,17). The van der Waals surface area contributed by atoms with Crippen LogP contribution in [0.25, 0.3) is 0 Å². The molecule has 0 spiro atoms. The quantitative estimate of drug-likeness (QED) is 0.893. The van der Waals surface area contributed by atoms with Crippen molar-refractivity contribution in [1.82, 2.24) is 10.2 Å². The summed E-state index contributed by atoms with van der Waals surface area (Å²) in [5, 5.41) is 3.08. The van der Waals surface area contributed by atoms with Gasteiger partial charge in [0, 0.05) is 38.4 Å². The lowest BCUT2D eigenvalue weighted by atomic mass is 10.1. The number of nitrogens with one attached hydrogen (secondary N) is 1. The Kier molecular flexibility index (Phi) is 3.84. The van der Waals surface area contributed by atoms with E-state index in [9.17, 15) is 4.79 Å². The highest BCUT2D eigenvalue weighted by atomic mass is 16.5. The zero-order chi connectivity index (χ0) is 13.1. The van der Waals surface area contributed by atoms with Crippen molar-refractivity contribution in [2.45, 2.75) is 31.3 Å². The first-order valence-electron chi connectivity index (χ1n) is 6.98. The number of furan rings is 1. The van der Waals surface area contributed by atoms with Crippen LogP contribution >= 0.6 is 0 Å². The molecule has 2 saturated heterocycles. The summed E-state index contributed by atoms with van der Waals surface area (Å²) < 4.78 is 10.3. The van der Waals surface area contributed by atoms with E-state index in [1.54, 1.807) is 6.07 Å². The second kappa shape index (κ2) is 5.75. The Morgan fingerprint density at radius 1 is 1.32 bits per heavy atom. The molecule has 5 heteroatoms. The van der Waals surface area contributed by atoms with Gasteiger partial charge in [0.05, 0.1) is 11.8 Å². The molecule has 104 valence electrons. The first-order chi connectivity index (χ1) is 9.33. The molecule has 1 amide bonds. The van der Waals surface area contributed by atoms with E-state index in [0.717, 1.165) is 45.6 Å². The largest absolute Gasteiger partial charge is 0.472 e. The van der Waals surface area contributed by atoms with E-state index in [1.165, 1.54) is 12.5 Å². The first kappa shape index (κ1) is 12.7. The van der Waals surface area contributed by atoms with Gasteiger partial charge in [-0.3, -0.25) is 9.69 Å². The molecular weight excluding hydrogens is 244 g/mol. The third-order valence-corrected chi connectivity index (χ3v) is 4.05. The highest BCUT2D eigenvalue weighted by Crippen LogP contribution is 2.20. The van der Waals surface area contributed by atoms with Gasteiger partial charge in [0.2, 0.25) is 0 Å². The fourth-order valence-corrected chi connectivity index (χ4v) is 2.95. The van der Waals surface area contributed by atoms with Gasteiger partial charge >= 0.3 is 0 Å². The average molecular weight is 264 g/mol. The van der Waals surface area contributed by atoms with Gasteiger partial charge in [0.15, 0.2) is 0 Å². The Bertz CT molecular complexity index is 412. The average Bonchev–Trinajstić information content (AvgIpc) is 3.11. The fourth-order valence-electron chi connectivity index (χ4n) is 2.95. The predicted octanol–water partition coefficient (Wildman–Crippen LogP) is 1.26. The van der Waals surface area contributed by atoms with Crippen LogP contribution in [0.1, 0.15) is 29.6 Å². The lowest BCUT2D eigenvalue weighted by Gasteiger charge is -2.31. The van der Waals surface area contributed by atoms with Gasteiger partial charge in [-0.25, -0.2) is 0 Å². The van der Waals surface area contributed by atoms with E-state index >= 15 is 0 Å². The smallest absolute Gasteiger partial charge is 0.254 e. The van der Waals surface area contributed by atoms with Gasteiger partial charge in [-0.1, -0.05) is 0 Å². The molecule has 19 heavy (non-hydrogen) atoms. The summed E-state index contributed by atoms with van der Waals surface area (Å²) in [5.74, 6) is -0.0347. The van der Waals surface area contributed by atoms with Crippen LogP contribution in [0, 0.1) is 0 Å². The van der Waals surface area contributed by atoms with Crippen molar-refractivity contribution >= 4 is 5.91 Å². The van der Waals surface area contributed by atoms with Crippen molar-refractivity contribution in [2.24, 2.45) is 0 Å². The molecule has 3 heterocycles. The summed E-state index contributed by atoms with van der Waals surface area (Å²) in [6.07, 6.45) is 6.27. The molecule has 1 atom stereocenters. The van der Waals surface area contributed by atoms with Gasteiger partial charge in [0.25, 0.3) is 5.91 Å². The SMILES string of the molecule is O=C(NC1CCN(C2CCOCC2)C1)c1ccoc1. The number of hydrogen-bond acceptors (Lipinski definition) is 4. The topological polar surface area (TPSA) is 54.7 Å². The van der Waals surface area contributed by atoms with Crippen LogP contribution in [0.15, 0.2) is 23.0 Å². The van der Waals surface area contributed by atoms with Gasteiger partial charge in [-0.2, -0.15) is 0 Å². The third kappa shape index (κ3) is 2.98. The number of carbonyl (C=O) groups excluding carboxylic acids is 1. The number of rotatable bonds is 3. The van der Waals surface area contributed by atoms with Gasteiger partial charge in [0.1, 0.15) is 6.26 Å². The second-order valence-corrected chi connectivity index (χ2v) is 5.31. The summed E-state index contributed by atoms with van der Waals surface area (Å²) in [4.78, 5) is 14.4. The molecule has 0 radical (unpaired) electrons. The number of carbonyl (C=O) groups is 1. The number of ether oxygens (including phenoxy) is 1. The lowest BCUT2D eigenvalue weighted by molar-refractivity contribution is 0.0415. The van der Waals surface area contributed by atoms with Crippen molar-refractivity contribution in [3.05, 3.63) is 24.2 Å². The molecule has 0 bridgehead atoms. The van der Waals surface area contributed by atoms with E-state index in [-0.39, 0.29) is 11.9 Å². The normalized spacial score (nSPS) is 25.6. The Balaban J connectivity index is 1.50. The Morgan fingerprint density at radius 3 is 2.89 bits per heavy atom. The fraction of sp³-hybridized carbons (Fsp3) is 0.643. The summed E-state index contributed by atoms with van der Waals surface area (Å²) in [7, 11) is 0. The molecule has 2 aliphatic heterocycles. The molecule has 0 saturated carbocycles. The minimum Gasteiger partial charge on any atom is -0.472 e. The Hall–Kier alpha value is -1.33. The summed E-state index contributed by atoms with van der Waals surface area (Å²) in [6, 6.07) is 2.58. The maximum absolute atomic E-state index is 11.9. The summed E-state index contributed by atoms with van der Waals surface area (Å²) in [5.41, 5.74) is 0.601. The zero-order valence-corrected chi connectivity index (χ0v) is 11.0. The lowest BCUT2D eigenvalue weighted by Crippen LogP contribution is -2.41. The summed E-state index contributed by atoms with van der Waals surface area (Å²) in [6.45, 7) is 3.76. The van der Waals surface area contributed by atoms with Crippen LogP contribution in [-0.2, 0) is 4.74 Å². The molecule has 3 rings (SSSR count).